The fourth-order valence-corrected chi connectivity index (χ4v) is 6.94. The Balaban J connectivity index is 1.23. The Labute approximate surface area is 185 Å². The number of benzene rings is 1. The highest BCUT2D eigenvalue weighted by Gasteiger charge is 2.56. The molecule has 5 atom stereocenters. The van der Waals surface area contributed by atoms with Crippen LogP contribution in [-0.4, -0.2) is 44.8 Å². The van der Waals surface area contributed by atoms with Crippen LogP contribution >= 0.6 is 11.6 Å². The Bertz CT molecular complexity index is 834. The lowest BCUT2D eigenvalue weighted by Crippen LogP contribution is -3.15. The van der Waals surface area contributed by atoms with Gasteiger partial charge in [0.05, 0.1) is 32.7 Å². The Morgan fingerprint density at radius 1 is 1.33 bits per heavy atom. The van der Waals surface area contributed by atoms with Crippen LogP contribution < -0.4 is 9.80 Å². The third-order valence-electron chi connectivity index (χ3n) is 8.47. The van der Waals surface area contributed by atoms with Crippen molar-refractivity contribution in [3.8, 4) is 0 Å². The maximum absolute atomic E-state index is 12.8. The van der Waals surface area contributed by atoms with Crippen LogP contribution in [0.15, 0.2) is 36.4 Å². The van der Waals surface area contributed by atoms with Crippen molar-refractivity contribution >= 4 is 23.3 Å². The SMILES string of the molecule is C=C1CCC[C@]2(C)C[C@H]3OC(=O)[C@H](C[NH+]4CCN(c5cccc(Cl)c5)CC4)[C@H]3C[C@H]12. The number of carbonyl (C=O) groups is 1. The zero-order valence-corrected chi connectivity index (χ0v) is 18.8. The first-order valence-electron chi connectivity index (χ1n) is 11.7. The minimum absolute atomic E-state index is 0.0574. The van der Waals surface area contributed by atoms with Crippen molar-refractivity contribution in [2.45, 2.75) is 45.1 Å². The van der Waals surface area contributed by atoms with E-state index in [1.54, 1.807) is 0 Å². The molecule has 1 N–H and O–H groups in total. The highest BCUT2D eigenvalue weighted by molar-refractivity contribution is 6.30. The molecule has 162 valence electrons. The number of piperazine rings is 1. The number of quaternary nitrogens is 1. The van der Waals surface area contributed by atoms with Crippen molar-refractivity contribution < 1.29 is 14.4 Å². The Kier molecular flexibility index (Phi) is 5.35. The van der Waals surface area contributed by atoms with Crippen molar-refractivity contribution in [3.63, 3.8) is 0 Å². The van der Waals surface area contributed by atoms with Crippen LogP contribution in [0.3, 0.4) is 0 Å². The zero-order chi connectivity index (χ0) is 20.9. The van der Waals surface area contributed by atoms with Gasteiger partial charge in [0.2, 0.25) is 0 Å². The number of nitrogens with one attached hydrogen (secondary N) is 1. The molecule has 5 heteroatoms. The number of ether oxygens (including phenoxy) is 1. The molecule has 2 aliphatic carbocycles. The second kappa shape index (κ2) is 7.87. The summed E-state index contributed by atoms with van der Waals surface area (Å²) in [6, 6.07) is 8.11. The van der Waals surface area contributed by atoms with Crippen LogP contribution in [-0.2, 0) is 9.53 Å². The van der Waals surface area contributed by atoms with Crippen molar-refractivity contribution in [2.24, 2.45) is 23.2 Å². The van der Waals surface area contributed by atoms with Crippen molar-refractivity contribution in [2.75, 3.05) is 37.6 Å². The van der Waals surface area contributed by atoms with Gasteiger partial charge in [0.1, 0.15) is 12.0 Å². The number of hydrogen-bond acceptors (Lipinski definition) is 3. The molecular weight excluding hydrogens is 396 g/mol. The van der Waals surface area contributed by atoms with Crippen molar-refractivity contribution in [1.82, 2.24) is 0 Å². The maximum Gasteiger partial charge on any atom is 0.315 e. The number of fused-ring (bicyclic) bond motifs is 2. The first-order valence-corrected chi connectivity index (χ1v) is 12.0. The van der Waals surface area contributed by atoms with Gasteiger partial charge in [-0.05, 0) is 61.6 Å². The lowest BCUT2D eigenvalue weighted by molar-refractivity contribution is -0.903. The average molecular weight is 430 g/mol. The molecule has 0 radical (unpaired) electrons. The lowest BCUT2D eigenvalue weighted by atomic mass is 9.55. The van der Waals surface area contributed by atoms with Crippen molar-refractivity contribution in [1.29, 1.82) is 0 Å². The predicted octanol–water partition coefficient (Wildman–Crippen LogP) is 3.36. The molecule has 4 aliphatic rings. The summed E-state index contributed by atoms with van der Waals surface area (Å²) < 4.78 is 5.97. The first-order chi connectivity index (χ1) is 14.4. The van der Waals surface area contributed by atoms with Gasteiger partial charge in [0, 0.05) is 16.6 Å². The molecule has 2 saturated heterocycles. The fraction of sp³-hybridized carbons (Fsp3) is 0.640. The van der Waals surface area contributed by atoms with E-state index in [0.717, 1.165) is 57.0 Å². The van der Waals surface area contributed by atoms with E-state index in [4.69, 9.17) is 16.3 Å². The molecule has 0 bridgehead atoms. The van der Waals surface area contributed by atoms with Crippen molar-refractivity contribution in [3.05, 3.63) is 41.4 Å². The van der Waals surface area contributed by atoms with Gasteiger partial charge < -0.3 is 14.5 Å². The molecule has 4 fully saturated rings. The second-order valence-electron chi connectivity index (χ2n) is 10.3. The monoisotopic (exact) mass is 429 g/mol. The maximum atomic E-state index is 12.8. The van der Waals surface area contributed by atoms with Crippen LogP contribution in [0.1, 0.15) is 39.0 Å². The fourth-order valence-electron chi connectivity index (χ4n) is 6.76. The number of allylic oxidation sites excluding steroid dienone is 1. The third-order valence-corrected chi connectivity index (χ3v) is 8.71. The van der Waals surface area contributed by atoms with Crippen LogP contribution in [0.25, 0.3) is 0 Å². The summed E-state index contributed by atoms with van der Waals surface area (Å²) >= 11 is 6.17. The number of hydrogen-bond donors (Lipinski definition) is 1. The van der Waals surface area contributed by atoms with E-state index in [1.807, 2.05) is 18.2 Å². The Morgan fingerprint density at radius 2 is 2.13 bits per heavy atom. The first kappa shape index (κ1) is 20.4. The molecule has 30 heavy (non-hydrogen) atoms. The van der Waals surface area contributed by atoms with E-state index >= 15 is 0 Å². The van der Waals surface area contributed by atoms with E-state index in [2.05, 4.69) is 24.5 Å². The standard InChI is InChI=1S/C25H33ClN2O2/c1-17-5-4-8-25(2)15-23-20(14-22(17)25)21(24(29)30-23)16-27-9-11-28(12-10-27)19-7-3-6-18(26)13-19/h3,6-7,13,20-23H,1,4-5,8-12,14-16H2,2H3/p+1/t20-,21-,22-,23-,25-/m1/s1. The second-order valence-corrected chi connectivity index (χ2v) is 10.8. The smallest absolute Gasteiger partial charge is 0.315 e. The zero-order valence-electron chi connectivity index (χ0n) is 18.0. The van der Waals surface area contributed by atoms with Gasteiger partial charge >= 0.3 is 5.97 Å². The number of nitrogens with zero attached hydrogens (tertiary/aromatic N) is 1. The largest absolute Gasteiger partial charge is 0.462 e. The summed E-state index contributed by atoms with van der Waals surface area (Å²) in [5.74, 6) is 1.06. The highest BCUT2D eigenvalue weighted by atomic mass is 35.5. The number of carbonyl (C=O) groups excluding carboxylic acids is 1. The topological polar surface area (TPSA) is 34.0 Å². The quantitative estimate of drug-likeness (QED) is 0.591. The van der Waals surface area contributed by atoms with E-state index in [0.29, 0.717) is 11.8 Å². The highest BCUT2D eigenvalue weighted by Crippen LogP contribution is 2.56. The Hall–Kier alpha value is -1.52. The minimum atomic E-state index is 0.0574. The van der Waals surface area contributed by atoms with Gasteiger partial charge in [-0.1, -0.05) is 36.7 Å². The molecule has 0 spiro atoms. The molecule has 5 rings (SSSR count). The van der Waals surface area contributed by atoms with E-state index in [-0.39, 0.29) is 23.4 Å². The number of anilines is 1. The molecule has 4 nitrogen and oxygen atoms in total. The summed E-state index contributed by atoms with van der Waals surface area (Å²) in [6.45, 7) is 11.9. The van der Waals surface area contributed by atoms with Gasteiger partial charge in [0.15, 0.2) is 0 Å². The minimum Gasteiger partial charge on any atom is -0.462 e. The van der Waals surface area contributed by atoms with Crippen LogP contribution in [0.5, 0.6) is 0 Å². The van der Waals surface area contributed by atoms with Crippen LogP contribution in [0.4, 0.5) is 5.69 Å². The molecule has 0 aromatic heterocycles. The van der Waals surface area contributed by atoms with E-state index in [9.17, 15) is 4.79 Å². The van der Waals surface area contributed by atoms with Crippen LogP contribution in [0, 0.1) is 23.2 Å². The lowest BCUT2D eigenvalue weighted by Gasteiger charge is -2.50. The normalized spacial score (nSPS) is 36.9. The molecule has 0 unspecified atom stereocenters. The van der Waals surface area contributed by atoms with Gasteiger partial charge in [-0.2, -0.15) is 0 Å². The molecule has 1 aromatic rings. The third kappa shape index (κ3) is 3.67. The molecule has 2 saturated carbocycles. The Morgan fingerprint density at radius 3 is 2.90 bits per heavy atom. The summed E-state index contributed by atoms with van der Waals surface area (Å²) in [7, 11) is 0. The predicted molar refractivity (Wildman–Crippen MR) is 120 cm³/mol. The summed E-state index contributed by atoms with van der Waals surface area (Å²) in [5, 5.41) is 0.788. The molecule has 1 aromatic carbocycles. The van der Waals surface area contributed by atoms with Gasteiger partial charge in [-0.15, -0.1) is 0 Å². The molecule has 2 heterocycles. The number of halogens is 1. The van der Waals surface area contributed by atoms with Gasteiger partial charge in [-0.25, -0.2) is 0 Å². The summed E-state index contributed by atoms with van der Waals surface area (Å²) in [5.41, 5.74) is 2.90. The van der Waals surface area contributed by atoms with Crippen LogP contribution in [0.2, 0.25) is 5.02 Å². The number of rotatable bonds is 3. The molecule has 0 amide bonds. The molecular formula is C25H34ClN2O2+. The summed E-state index contributed by atoms with van der Waals surface area (Å²) in [6.07, 6.45) is 5.90. The average Bonchev–Trinajstić information content (AvgIpc) is 3.01. The van der Waals surface area contributed by atoms with Gasteiger partial charge in [-0.3, -0.25) is 4.79 Å². The number of esters is 1. The van der Waals surface area contributed by atoms with Gasteiger partial charge in [0.25, 0.3) is 0 Å². The van der Waals surface area contributed by atoms with E-state index in [1.165, 1.54) is 29.0 Å². The van der Waals surface area contributed by atoms with E-state index < -0.39 is 0 Å². The molecule has 2 aliphatic heterocycles. The summed E-state index contributed by atoms with van der Waals surface area (Å²) in [4.78, 5) is 16.8.